The van der Waals surface area contributed by atoms with Gasteiger partial charge in [0.05, 0.1) is 6.10 Å². The molecule has 0 fully saturated rings. The first kappa shape index (κ1) is 16.8. The highest BCUT2D eigenvalue weighted by Gasteiger charge is 2.37. The van der Waals surface area contributed by atoms with Gasteiger partial charge in [-0.05, 0) is 24.3 Å². The molecule has 1 unspecified atom stereocenters. The zero-order valence-electron chi connectivity index (χ0n) is 14.8. The predicted molar refractivity (Wildman–Crippen MR) is 92.7 cm³/mol. The van der Waals surface area contributed by atoms with E-state index in [9.17, 15) is 9.90 Å². The molecule has 0 radical (unpaired) electrons. The van der Waals surface area contributed by atoms with Gasteiger partial charge in [-0.15, -0.1) is 0 Å². The Bertz CT molecular complexity index is 746. The van der Waals surface area contributed by atoms with E-state index >= 15 is 0 Å². The number of hydrogen-bond acceptors (Lipinski definition) is 3. The van der Waals surface area contributed by atoms with Gasteiger partial charge in [-0.3, -0.25) is 4.79 Å². The number of fused-ring (bicyclic) bond motifs is 1. The summed E-state index contributed by atoms with van der Waals surface area (Å²) in [6, 6.07) is 9.87. The first-order valence-electron chi connectivity index (χ1n) is 8.38. The average Bonchev–Trinajstić information content (AvgIpc) is 2.82. The largest absolute Gasteiger partial charge is 0.455 e. The smallest absolute Gasteiger partial charge is 0.289 e. The highest BCUT2D eigenvalue weighted by molar-refractivity contribution is 5.93. The molecule has 2 aromatic rings. The van der Waals surface area contributed by atoms with E-state index in [0.29, 0.717) is 18.7 Å². The molecule has 4 heteroatoms. The Hall–Kier alpha value is -2.07. The van der Waals surface area contributed by atoms with E-state index in [1.807, 2.05) is 37.3 Å². The van der Waals surface area contributed by atoms with E-state index in [1.54, 1.807) is 11.9 Å². The molecule has 1 aliphatic carbocycles. The van der Waals surface area contributed by atoms with Gasteiger partial charge in [0.1, 0.15) is 5.76 Å². The second-order valence-corrected chi connectivity index (χ2v) is 7.60. The Labute approximate surface area is 143 Å². The van der Waals surface area contributed by atoms with Crippen molar-refractivity contribution in [1.82, 2.24) is 4.90 Å². The highest BCUT2D eigenvalue weighted by Crippen LogP contribution is 2.44. The topological polar surface area (TPSA) is 53.7 Å². The van der Waals surface area contributed by atoms with Crippen LogP contribution in [0.1, 0.15) is 59.4 Å². The van der Waals surface area contributed by atoms with Gasteiger partial charge < -0.3 is 14.4 Å². The number of rotatable bonds is 3. The summed E-state index contributed by atoms with van der Waals surface area (Å²) in [6.45, 7) is 6.62. The first-order chi connectivity index (χ1) is 11.3. The molecular weight excluding hydrogens is 302 g/mol. The molecule has 0 aliphatic heterocycles. The molecule has 1 aliphatic rings. The molecule has 24 heavy (non-hydrogen) atoms. The van der Waals surface area contributed by atoms with Gasteiger partial charge in [-0.1, -0.05) is 44.2 Å². The molecular formula is C20H25NO3. The van der Waals surface area contributed by atoms with E-state index in [0.717, 1.165) is 28.9 Å². The second kappa shape index (κ2) is 6.10. The number of benzene rings is 1. The van der Waals surface area contributed by atoms with Crippen LogP contribution in [0.2, 0.25) is 0 Å². The molecule has 1 N–H and O–H groups in total. The van der Waals surface area contributed by atoms with Crippen LogP contribution in [0.25, 0.3) is 0 Å². The standard InChI is InChI=1S/C20H25NO3/c1-13-17-15(22)10-20(2,3)11-16(17)24-18(13)19(23)21(4)12-14-8-6-5-7-9-14/h5-9,15,22H,10-12H2,1-4H3. The minimum atomic E-state index is -0.562. The van der Waals surface area contributed by atoms with Crippen molar-refractivity contribution in [3.05, 3.63) is 58.5 Å². The van der Waals surface area contributed by atoms with Crippen molar-refractivity contribution in [3.63, 3.8) is 0 Å². The van der Waals surface area contributed by atoms with Crippen LogP contribution >= 0.6 is 0 Å². The van der Waals surface area contributed by atoms with Gasteiger partial charge >= 0.3 is 0 Å². The fraction of sp³-hybridized carbons (Fsp3) is 0.450. The molecule has 128 valence electrons. The van der Waals surface area contributed by atoms with Crippen LogP contribution in [0.5, 0.6) is 0 Å². The number of nitrogens with zero attached hydrogens (tertiary/aromatic N) is 1. The lowest BCUT2D eigenvalue weighted by Gasteiger charge is -2.31. The maximum absolute atomic E-state index is 12.8. The van der Waals surface area contributed by atoms with Gasteiger partial charge in [-0.25, -0.2) is 0 Å². The molecule has 0 saturated heterocycles. The van der Waals surface area contributed by atoms with E-state index in [4.69, 9.17) is 4.42 Å². The van der Waals surface area contributed by atoms with Crippen LogP contribution in [0.3, 0.4) is 0 Å². The molecule has 1 heterocycles. The summed E-state index contributed by atoms with van der Waals surface area (Å²) < 4.78 is 5.91. The predicted octanol–water partition coefficient (Wildman–Crippen LogP) is 3.87. The Morgan fingerprint density at radius 1 is 1.33 bits per heavy atom. The third-order valence-corrected chi connectivity index (χ3v) is 4.79. The van der Waals surface area contributed by atoms with Crippen molar-refractivity contribution in [2.45, 2.75) is 46.3 Å². The van der Waals surface area contributed by atoms with Gasteiger partial charge in [0.25, 0.3) is 5.91 Å². The van der Waals surface area contributed by atoms with Gasteiger partial charge in [0, 0.05) is 31.1 Å². The van der Waals surface area contributed by atoms with E-state index in [-0.39, 0.29) is 11.3 Å². The first-order valence-corrected chi connectivity index (χ1v) is 8.38. The Kier molecular flexibility index (Phi) is 4.26. The zero-order chi connectivity index (χ0) is 17.5. The highest BCUT2D eigenvalue weighted by atomic mass is 16.4. The van der Waals surface area contributed by atoms with Crippen molar-refractivity contribution in [1.29, 1.82) is 0 Å². The van der Waals surface area contributed by atoms with Crippen molar-refractivity contribution < 1.29 is 14.3 Å². The number of furan rings is 1. The maximum atomic E-state index is 12.8. The SMILES string of the molecule is Cc1c(C(=O)N(C)Cc2ccccc2)oc2c1C(O)CC(C)(C)C2. The van der Waals surface area contributed by atoms with Gasteiger partial charge in [-0.2, -0.15) is 0 Å². The summed E-state index contributed by atoms with van der Waals surface area (Å²) >= 11 is 0. The lowest BCUT2D eigenvalue weighted by Crippen LogP contribution is -2.26. The Morgan fingerprint density at radius 3 is 2.67 bits per heavy atom. The van der Waals surface area contributed by atoms with Crippen LogP contribution in [0.15, 0.2) is 34.7 Å². The lowest BCUT2D eigenvalue weighted by atomic mass is 9.75. The summed E-state index contributed by atoms with van der Waals surface area (Å²) in [5, 5.41) is 10.5. The molecule has 3 rings (SSSR count). The minimum Gasteiger partial charge on any atom is -0.455 e. The Balaban J connectivity index is 1.86. The molecule has 4 nitrogen and oxygen atoms in total. The van der Waals surface area contributed by atoms with E-state index in [1.165, 1.54) is 0 Å². The van der Waals surface area contributed by atoms with E-state index < -0.39 is 6.10 Å². The summed E-state index contributed by atoms with van der Waals surface area (Å²) in [5.74, 6) is 0.971. The van der Waals surface area contributed by atoms with Crippen molar-refractivity contribution in [2.75, 3.05) is 7.05 Å². The molecule has 1 aromatic carbocycles. The van der Waals surface area contributed by atoms with Gasteiger partial charge in [0.15, 0.2) is 5.76 Å². The number of aliphatic hydroxyl groups is 1. The molecule has 1 aromatic heterocycles. The quantitative estimate of drug-likeness (QED) is 0.931. The molecule has 0 saturated carbocycles. The molecule has 0 bridgehead atoms. The zero-order valence-corrected chi connectivity index (χ0v) is 14.8. The Morgan fingerprint density at radius 2 is 2.00 bits per heavy atom. The summed E-state index contributed by atoms with van der Waals surface area (Å²) in [6.07, 6.45) is 0.873. The lowest BCUT2D eigenvalue weighted by molar-refractivity contribution is 0.0741. The van der Waals surface area contributed by atoms with E-state index in [2.05, 4.69) is 13.8 Å². The van der Waals surface area contributed by atoms with Crippen molar-refractivity contribution in [2.24, 2.45) is 5.41 Å². The number of aliphatic hydroxyl groups excluding tert-OH is 1. The van der Waals surface area contributed by atoms with Crippen LogP contribution in [-0.4, -0.2) is 23.0 Å². The summed E-state index contributed by atoms with van der Waals surface area (Å²) in [4.78, 5) is 14.5. The maximum Gasteiger partial charge on any atom is 0.289 e. The van der Waals surface area contributed by atoms with Crippen LogP contribution in [0.4, 0.5) is 0 Å². The van der Waals surface area contributed by atoms with Crippen LogP contribution in [-0.2, 0) is 13.0 Å². The minimum absolute atomic E-state index is 0.0209. The summed E-state index contributed by atoms with van der Waals surface area (Å²) in [7, 11) is 1.77. The van der Waals surface area contributed by atoms with Crippen LogP contribution < -0.4 is 0 Å². The fourth-order valence-corrected chi connectivity index (χ4v) is 3.59. The van der Waals surface area contributed by atoms with Crippen molar-refractivity contribution in [3.8, 4) is 0 Å². The van der Waals surface area contributed by atoms with Gasteiger partial charge in [0.2, 0.25) is 0 Å². The monoisotopic (exact) mass is 327 g/mol. The second-order valence-electron chi connectivity index (χ2n) is 7.60. The average molecular weight is 327 g/mol. The number of amides is 1. The number of carbonyl (C=O) groups is 1. The molecule has 0 spiro atoms. The normalized spacial score (nSPS) is 19.0. The summed E-state index contributed by atoms with van der Waals surface area (Å²) in [5.41, 5.74) is 2.64. The van der Waals surface area contributed by atoms with Crippen molar-refractivity contribution >= 4 is 5.91 Å². The molecule has 1 atom stereocenters. The molecule has 1 amide bonds. The fourth-order valence-electron chi connectivity index (χ4n) is 3.59. The third kappa shape index (κ3) is 3.11. The van der Waals surface area contributed by atoms with Crippen LogP contribution in [0, 0.1) is 12.3 Å². The number of hydrogen-bond donors (Lipinski definition) is 1. The number of carbonyl (C=O) groups excluding carboxylic acids is 1. The third-order valence-electron chi connectivity index (χ3n) is 4.79.